The van der Waals surface area contributed by atoms with Crippen molar-refractivity contribution in [2.75, 3.05) is 10.6 Å². The summed E-state index contributed by atoms with van der Waals surface area (Å²) in [6.07, 6.45) is 3.36. The van der Waals surface area contributed by atoms with E-state index in [9.17, 15) is 9.59 Å². The second-order valence-electron chi connectivity index (χ2n) is 5.29. The van der Waals surface area contributed by atoms with Crippen molar-refractivity contribution in [1.82, 2.24) is 9.78 Å². The summed E-state index contributed by atoms with van der Waals surface area (Å²) in [5.41, 5.74) is 1.22. The highest BCUT2D eigenvalue weighted by Gasteiger charge is 2.15. The van der Waals surface area contributed by atoms with E-state index in [2.05, 4.69) is 31.7 Å². The van der Waals surface area contributed by atoms with Crippen LogP contribution in [0.2, 0.25) is 0 Å². The average molecular weight is 419 g/mol. The number of rotatable bonds is 5. The highest BCUT2D eigenvalue weighted by Crippen LogP contribution is 2.24. The minimum atomic E-state index is -0.434. The van der Waals surface area contributed by atoms with Crippen LogP contribution < -0.4 is 10.6 Å². The Morgan fingerprint density at radius 1 is 1.16 bits per heavy atom. The molecular weight excluding hydrogens is 404 g/mol. The Labute approximate surface area is 157 Å². The predicted octanol–water partition coefficient (Wildman–Crippen LogP) is 4.16. The number of carbonyl (C=O) groups is 2. The van der Waals surface area contributed by atoms with Crippen LogP contribution in [0.15, 0.2) is 58.6 Å². The second-order valence-corrected chi connectivity index (χ2v) is 7.75. The number of aromatic nitrogens is 2. The molecule has 0 fully saturated rings. The molecule has 2 heterocycles. The average Bonchev–Trinajstić information content (AvgIpc) is 3.26. The lowest BCUT2D eigenvalue weighted by molar-refractivity contribution is -0.119. The SMILES string of the molecule is CC(C(=O)Nc1cccc(NC(=O)c2ccc(Br)s2)c1)n1cccn1. The van der Waals surface area contributed by atoms with Crippen LogP contribution in [-0.2, 0) is 4.79 Å². The van der Waals surface area contributed by atoms with E-state index in [1.165, 1.54) is 11.3 Å². The maximum absolute atomic E-state index is 12.3. The maximum Gasteiger partial charge on any atom is 0.265 e. The van der Waals surface area contributed by atoms with Gasteiger partial charge in [0.1, 0.15) is 6.04 Å². The van der Waals surface area contributed by atoms with Gasteiger partial charge in [-0.2, -0.15) is 5.10 Å². The Hall–Kier alpha value is -2.45. The largest absolute Gasteiger partial charge is 0.324 e. The zero-order valence-electron chi connectivity index (χ0n) is 13.3. The number of anilines is 2. The smallest absolute Gasteiger partial charge is 0.265 e. The van der Waals surface area contributed by atoms with Gasteiger partial charge in [-0.1, -0.05) is 6.07 Å². The Kier molecular flexibility index (Phi) is 5.30. The van der Waals surface area contributed by atoms with Crippen molar-refractivity contribution in [3.05, 3.63) is 63.5 Å². The normalized spacial score (nSPS) is 11.8. The molecule has 0 aliphatic rings. The molecule has 6 nitrogen and oxygen atoms in total. The molecule has 2 N–H and O–H groups in total. The lowest BCUT2D eigenvalue weighted by Gasteiger charge is -2.13. The fraction of sp³-hybridized carbons (Fsp3) is 0.118. The van der Waals surface area contributed by atoms with E-state index in [-0.39, 0.29) is 11.8 Å². The van der Waals surface area contributed by atoms with Gasteiger partial charge in [0.05, 0.1) is 8.66 Å². The molecule has 0 aliphatic heterocycles. The molecular formula is C17H15BrN4O2S. The molecule has 1 atom stereocenters. The first-order chi connectivity index (χ1) is 12.0. The van der Waals surface area contributed by atoms with Crippen molar-refractivity contribution in [3.8, 4) is 0 Å². The summed E-state index contributed by atoms with van der Waals surface area (Å²) in [5, 5.41) is 9.72. The molecule has 0 aliphatic carbocycles. The van der Waals surface area contributed by atoms with Gasteiger partial charge in [0, 0.05) is 23.8 Å². The molecule has 2 amide bonds. The number of nitrogens with one attached hydrogen (secondary N) is 2. The summed E-state index contributed by atoms with van der Waals surface area (Å²) >= 11 is 4.70. The number of carbonyl (C=O) groups excluding carboxylic acids is 2. The lowest BCUT2D eigenvalue weighted by Crippen LogP contribution is -2.24. The van der Waals surface area contributed by atoms with Crippen LogP contribution in [0.5, 0.6) is 0 Å². The van der Waals surface area contributed by atoms with Crippen molar-refractivity contribution >= 4 is 50.5 Å². The van der Waals surface area contributed by atoms with Crippen molar-refractivity contribution in [3.63, 3.8) is 0 Å². The molecule has 1 unspecified atom stereocenters. The van der Waals surface area contributed by atoms with E-state index >= 15 is 0 Å². The Bertz CT molecular complexity index is 892. The molecule has 2 aromatic heterocycles. The summed E-state index contributed by atoms with van der Waals surface area (Å²) in [6, 6.07) is 11.9. The molecule has 128 valence electrons. The van der Waals surface area contributed by atoms with Crippen LogP contribution in [0.25, 0.3) is 0 Å². The maximum atomic E-state index is 12.3. The van der Waals surface area contributed by atoms with Crippen LogP contribution in [0.4, 0.5) is 11.4 Å². The molecule has 8 heteroatoms. The van der Waals surface area contributed by atoms with E-state index in [4.69, 9.17) is 0 Å². The second kappa shape index (κ2) is 7.62. The van der Waals surface area contributed by atoms with Crippen molar-refractivity contribution < 1.29 is 9.59 Å². The van der Waals surface area contributed by atoms with Crippen molar-refractivity contribution in [2.24, 2.45) is 0 Å². The number of amides is 2. The van der Waals surface area contributed by atoms with Gasteiger partial charge in [-0.05, 0) is 59.3 Å². The first kappa shape index (κ1) is 17.4. The fourth-order valence-corrected chi connectivity index (χ4v) is 3.46. The van der Waals surface area contributed by atoms with Crippen LogP contribution >= 0.6 is 27.3 Å². The van der Waals surface area contributed by atoms with E-state index in [1.54, 1.807) is 60.4 Å². The van der Waals surface area contributed by atoms with Gasteiger partial charge < -0.3 is 10.6 Å². The fourth-order valence-electron chi connectivity index (χ4n) is 2.18. The quantitative estimate of drug-likeness (QED) is 0.652. The third-order valence-electron chi connectivity index (χ3n) is 3.49. The zero-order chi connectivity index (χ0) is 17.8. The highest BCUT2D eigenvalue weighted by molar-refractivity contribution is 9.11. The first-order valence-corrected chi connectivity index (χ1v) is 9.10. The number of hydrogen-bond donors (Lipinski definition) is 2. The van der Waals surface area contributed by atoms with Crippen molar-refractivity contribution in [2.45, 2.75) is 13.0 Å². The van der Waals surface area contributed by atoms with Crippen LogP contribution in [-0.4, -0.2) is 21.6 Å². The van der Waals surface area contributed by atoms with Crippen molar-refractivity contribution in [1.29, 1.82) is 0 Å². The third-order valence-corrected chi connectivity index (χ3v) is 5.11. The predicted molar refractivity (Wildman–Crippen MR) is 102 cm³/mol. The van der Waals surface area contributed by atoms with Gasteiger partial charge in [0.2, 0.25) is 5.91 Å². The summed E-state index contributed by atoms with van der Waals surface area (Å²) in [7, 11) is 0. The van der Waals surface area contributed by atoms with E-state index in [1.807, 2.05) is 6.07 Å². The summed E-state index contributed by atoms with van der Waals surface area (Å²) < 4.78 is 2.47. The number of hydrogen-bond acceptors (Lipinski definition) is 4. The zero-order valence-corrected chi connectivity index (χ0v) is 15.7. The first-order valence-electron chi connectivity index (χ1n) is 7.49. The van der Waals surface area contributed by atoms with Crippen LogP contribution in [0, 0.1) is 0 Å². The monoisotopic (exact) mass is 418 g/mol. The molecule has 3 aromatic rings. The topological polar surface area (TPSA) is 76.0 Å². The summed E-state index contributed by atoms with van der Waals surface area (Å²) in [5.74, 6) is -0.376. The Morgan fingerprint density at radius 2 is 1.92 bits per heavy atom. The molecule has 25 heavy (non-hydrogen) atoms. The number of halogens is 1. The number of thiophene rings is 1. The Balaban J connectivity index is 1.67. The molecule has 3 rings (SSSR count). The molecule has 0 radical (unpaired) electrons. The lowest BCUT2D eigenvalue weighted by atomic mass is 10.2. The van der Waals surface area contributed by atoms with E-state index in [0.717, 1.165) is 3.79 Å². The minimum absolute atomic E-state index is 0.186. The van der Waals surface area contributed by atoms with Gasteiger partial charge in [-0.3, -0.25) is 14.3 Å². The summed E-state index contributed by atoms with van der Waals surface area (Å²) in [4.78, 5) is 25.1. The van der Waals surface area contributed by atoms with Crippen LogP contribution in [0.1, 0.15) is 22.6 Å². The minimum Gasteiger partial charge on any atom is -0.324 e. The molecule has 0 saturated heterocycles. The standard InChI is InChI=1S/C17H15BrN4O2S/c1-11(22-9-3-8-19-22)16(23)20-12-4-2-5-13(10-12)21-17(24)14-6-7-15(18)25-14/h2-11H,1H3,(H,20,23)(H,21,24). The Morgan fingerprint density at radius 3 is 2.56 bits per heavy atom. The number of benzene rings is 1. The molecule has 0 spiro atoms. The molecule has 0 bridgehead atoms. The highest BCUT2D eigenvalue weighted by atomic mass is 79.9. The van der Waals surface area contributed by atoms with E-state index < -0.39 is 6.04 Å². The third kappa shape index (κ3) is 4.34. The van der Waals surface area contributed by atoms with Gasteiger partial charge in [0.15, 0.2) is 0 Å². The molecule has 0 saturated carbocycles. The summed E-state index contributed by atoms with van der Waals surface area (Å²) in [6.45, 7) is 1.77. The van der Waals surface area contributed by atoms with Crippen LogP contribution in [0.3, 0.4) is 0 Å². The number of nitrogens with zero attached hydrogens (tertiary/aromatic N) is 2. The van der Waals surface area contributed by atoms with Gasteiger partial charge in [-0.25, -0.2) is 0 Å². The van der Waals surface area contributed by atoms with Gasteiger partial charge >= 0.3 is 0 Å². The van der Waals surface area contributed by atoms with Gasteiger partial charge in [0.25, 0.3) is 5.91 Å². The molecule has 1 aromatic carbocycles. The van der Waals surface area contributed by atoms with E-state index in [0.29, 0.717) is 16.3 Å². The van der Waals surface area contributed by atoms with Gasteiger partial charge in [-0.15, -0.1) is 11.3 Å².